The summed E-state index contributed by atoms with van der Waals surface area (Å²) >= 11 is 0. The fourth-order valence-electron chi connectivity index (χ4n) is 2.22. The molecule has 2 aromatic rings. The van der Waals surface area contributed by atoms with E-state index >= 15 is 0 Å². The van der Waals surface area contributed by atoms with Crippen LogP contribution in [0, 0.1) is 19.3 Å². The number of anilines is 1. The molecule has 0 aliphatic rings. The number of carbonyl (C=O) groups excluding carboxylic acids is 2. The van der Waals surface area contributed by atoms with Gasteiger partial charge in [0.1, 0.15) is 0 Å². The van der Waals surface area contributed by atoms with Crippen molar-refractivity contribution in [3.63, 3.8) is 0 Å². The third-order valence-corrected chi connectivity index (χ3v) is 4.71. The molecular weight excluding hydrogens is 352 g/mol. The zero-order valence-electron chi connectivity index (χ0n) is 14.4. The molecule has 0 unspecified atom stereocenters. The minimum absolute atomic E-state index is 0.0452. The summed E-state index contributed by atoms with van der Waals surface area (Å²) in [5, 5.41) is 5.11. The molecule has 2 aromatic carbocycles. The Kier molecular flexibility index (Phi) is 5.80. The molecule has 2 amide bonds. The number of rotatable bonds is 5. The number of terminal acetylenes is 1. The molecule has 26 heavy (non-hydrogen) atoms. The van der Waals surface area contributed by atoms with Crippen molar-refractivity contribution in [2.45, 2.75) is 11.8 Å². The van der Waals surface area contributed by atoms with Crippen LogP contribution < -0.4 is 10.6 Å². The summed E-state index contributed by atoms with van der Waals surface area (Å²) in [5.74, 6) is 1.51. The molecule has 0 heterocycles. The lowest BCUT2D eigenvalue weighted by atomic mass is 10.1. The van der Waals surface area contributed by atoms with E-state index in [2.05, 4.69) is 16.6 Å². The number of aryl methyl sites for hydroxylation is 1. The molecule has 0 aliphatic carbocycles. The monoisotopic (exact) mass is 370 g/mol. The smallest absolute Gasteiger partial charge is 0.252 e. The molecule has 0 fully saturated rings. The van der Waals surface area contributed by atoms with Crippen molar-refractivity contribution in [3.8, 4) is 12.3 Å². The summed E-state index contributed by atoms with van der Waals surface area (Å²) in [5.41, 5.74) is 1.96. The van der Waals surface area contributed by atoms with Crippen LogP contribution >= 0.6 is 0 Å². The normalized spacial score (nSPS) is 10.7. The van der Waals surface area contributed by atoms with Gasteiger partial charge in [-0.15, -0.1) is 6.42 Å². The highest BCUT2D eigenvalue weighted by Gasteiger charge is 2.15. The minimum atomic E-state index is -3.43. The fourth-order valence-corrected chi connectivity index (χ4v) is 2.87. The van der Waals surface area contributed by atoms with Crippen molar-refractivity contribution in [2.75, 3.05) is 18.1 Å². The first-order valence-electron chi connectivity index (χ1n) is 7.66. The molecular formula is C19H18N2O4S. The molecule has 0 saturated heterocycles. The second kappa shape index (κ2) is 7.85. The van der Waals surface area contributed by atoms with Crippen molar-refractivity contribution in [2.24, 2.45) is 0 Å². The summed E-state index contributed by atoms with van der Waals surface area (Å²) in [7, 11) is -3.43. The van der Waals surface area contributed by atoms with Gasteiger partial charge >= 0.3 is 0 Å². The number of sulfone groups is 1. The van der Waals surface area contributed by atoms with Crippen LogP contribution in [0.1, 0.15) is 21.5 Å². The standard InChI is InChI=1S/C19H18N2O4S/c1-4-14-6-5-7-15(10-14)21-18(22)12-20-19(23)17-11-16(26(3,24)25)9-8-13(17)2/h1,5-11H,12H2,2-3H3,(H,20,23)(H,21,22). The largest absolute Gasteiger partial charge is 0.343 e. The molecule has 0 aliphatic heterocycles. The molecule has 0 spiro atoms. The number of amides is 2. The van der Waals surface area contributed by atoms with E-state index in [0.717, 1.165) is 6.26 Å². The van der Waals surface area contributed by atoms with Crippen LogP contribution in [0.5, 0.6) is 0 Å². The first kappa shape index (κ1) is 19.2. The average Bonchev–Trinajstić information content (AvgIpc) is 2.59. The average molecular weight is 370 g/mol. The molecule has 0 aromatic heterocycles. The van der Waals surface area contributed by atoms with Crippen LogP contribution in [0.15, 0.2) is 47.4 Å². The SMILES string of the molecule is C#Cc1cccc(NC(=O)CNC(=O)c2cc(S(C)(=O)=O)ccc2C)c1. The van der Waals surface area contributed by atoms with Crippen LogP contribution in [0.25, 0.3) is 0 Å². The third-order valence-electron chi connectivity index (χ3n) is 3.60. The molecule has 7 heteroatoms. The molecule has 0 radical (unpaired) electrons. The summed E-state index contributed by atoms with van der Waals surface area (Å²) in [6, 6.07) is 11.1. The van der Waals surface area contributed by atoms with Crippen molar-refractivity contribution >= 4 is 27.3 Å². The zero-order valence-corrected chi connectivity index (χ0v) is 15.2. The maximum atomic E-state index is 12.3. The molecule has 0 atom stereocenters. The molecule has 134 valence electrons. The molecule has 2 rings (SSSR count). The van der Waals surface area contributed by atoms with Gasteiger partial charge in [-0.25, -0.2) is 8.42 Å². The quantitative estimate of drug-likeness (QED) is 0.785. The Hall–Kier alpha value is -3.11. The summed E-state index contributed by atoms with van der Waals surface area (Å²) < 4.78 is 23.3. The van der Waals surface area contributed by atoms with Crippen LogP contribution in [0.3, 0.4) is 0 Å². The highest BCUT2D eigenvalue weighted by molar-refractivity contribution is 7.90. The Balaban J connectivity index is 2.04. The molecule has 2 N–H and O–H groups in total. The third kappa shape index (κ3) is 4.94. The first-order chi connectivity index (χ1) is 12.2. The molecule has 0 bridgehead atoms. The lowest BCUT2D eigenvalue weighted by molar-refractivity contribution is -0.115. The molecule has 0 saturated carbocycles. The second-order valence-electron chi connectivity index (χ2n) is 5.70. The van der Waals surface area contributed by atoms with Crippen LogP contribution in [-0.2, 0) is 14.6 Å². The van der Waals surface area contributed by atoms with Gasteiger partial charge in [-0.3, -0.25) is 9.59 Å². The van der Waals surface area contributed by atoms with Gasteiger partial charge in [0.2, 0.25) is 5.91 Å². The lowest BCUT2D eigenvalue weighted by Crippen LogP contribution is -2.33. The predicted octanol–water partition coefficient (Wildman–Crippen LogP) is 1.75. The number of hydrogen-bond acceptors (Lipinski definition) is 4. The summed E-state index contributed by atoms with van der Waals surface area (Å²) in [6.07, 6.45) is 6.37. The second-order valence-corrected chi connectivity index (χ2v) is 7.72. The van der Waals surface area contributed by atoms with Crippen molar-refractivity contribution in [3.05, 3.63) is 59.2 Å². The zero-order chi connectivity index (χ0) is 19.3. The fraction of sp³-hybridized carbons (Fsp3) is 0.158. The summed E-state index contributed by atoms with van der Waals surface area (Å²) in [4.78, 5) is 24.3. The minimum Gasteiger partial charge on any atom is -0.343 e. The molecule has 6 nitrogen and oxygen atoms in total. The topological polar surface area (TPSA) is 92.3 Å². The van der Waals surface area contributed by atoms with E-state index in [1.165, 1.54) is 12.1 Å². The van der Waals surface area contributed by atoms with Crippen LogP contribution in [0.4, 0.5) is 5.69 Å². The van der Waals surface area contributed by atoms with Gasteiger partial charge in [-0.2, -0.15) is 0 Å². The number of nitrogens with one attached hydrogen (secondary N) is 2. The number of hydrogen-bond donors (Lipinski definition) is 2. The van der Waals surface area contributed by atoms with Crippen LogP contribution in [0.2, 0.25) is 0 Å². The Morgan fingerprint density at radius 3 is 2.54 bits per heavy atom. The number of carbonyl (C=O) groups is 2. The highest BCUT2D eigenvalue weighted by atomic mass is 32.2. The van der Waals surface area contributed by atoms with E-state index in [1.54, 1.807) is 37.3 Å². The van der Waals surface area contributed by atoms with Gasteiger partial charge in [0.15, 0.2) is 9.84 Å². The van der Waals surface area contributed by atoms with E-state index in [0.29, 0.717) is 16.8 Å². The van der Waals surface area contributed by atoms with Gasteiger partial charge in [0, 0.05) is 23.1 Å². The highest BCUT2D eigenvalue weighted by Crippen LogP contribution is 2.15. The maximum Gasteiger partial charge on any atom is 0.252 e. The van der Waals surface area contributed by atoms with Gasteiger partial charge < -0.3 is 10.6 Å². The van der Waals surface area contributed by atoms with Crippen molar-refractivity contribution in [1.82, 2.24) is 5.32 Å². The number of benzene rings is 2. The Bertz CT molecular complexity index is 1000. The first-order valence-corrected chi connectivity index (χ1v) is 9.55. The Labute approximate surface area is 152 Å². The van der Waals surface area contributed by atoms with E-state index in [-0.39, 0.29) is 17.0 Å². The maximum absolute atomic E-state index is 12.3. The van der Waals surface area contributed by atoms with E-state index in [4.69, 9.17) is 6.42 Å². The lowest BCUT2D eigenvalue weighted by Gasteiger charge is -2.10. The van der Waals surface area contributed by atoms with Gasteiger partial charge in [-0.1, -0.05) is 18.1 Å². The van der Waals surface area contributed by atoms with Crippen molar-refractivity contribution in [1.29, 1.82) is 0 Å². The van der Waals surface area contributed by atoms with E-state index in [9.17, 15) is 18.0 Å². The van der Waals surface area contributed by atoms with E-state index in [1.807, 2.05) is 0 Å². The Morgan fingerprint density at radius 1 is 1.15 bits per heavy atom. The van der Waals surface area contributed by atoms with Gasteiger partial charge in [0.25, 0.3) is 5.91 Å². The van der Waals surface area contributed by atoms with E-state index < -0.39 is 21.7 Å². The van der Waals surface area contributed by atoms with Crippen molar-refractivity contribution < 1.29 is 18.0 Å². The predicted molar refractivity (Wildman–Crippen MR) is 99.6 cm³/mol. The summed E-state index contributed by atoms with van der Waals surface area (Å²) in [6.45, 7) is 1.42. The Morgan fingerprint density at radius 2 is 1.88 bits per heavy atom. The van der Waals surface area contributed by atoms with Gasteiger partial charge in [0.05, 0.1) is 11.4 Å². The van der Waals surface area contributed by atoms with Gasteiger partial charge in [-0.05, 0) is 42.8 Å². The van der Waals surface area contributed by atoms with Crippen LogP contribution in [-0.4, -0.2) is 33.0 Å².